The minimum Gasteiger partial charge on any atom is -0.456 e. The Labute approximate surface area is 230 Å². The Morgan fingerprint density at radius 2 is 1.23 bits per heavy atom. The minimum absolute atomic E-state index is 0.865. The Hall–Kier alpha value is -4.85. The molecule has 3 heterocycles. The second-order valence-electron chi connectivity index (χ2n) is 10.5. The van der Waals surface area contributed by atoms with Gasteiger partial charge < -0.3 is 13.5 Å². The van der Waals surface area contributed by atoms with Crippen molar-refractivity contribution in [1.82, 2.24) is 4.57 Å². The molecule has 9 rings (SSSR count). The maximum atomic E-state index is 15.1. The lowest BCUT2D eigenvalue weighted by atomic mass is 10.0. The van der Waals surface area contributed by atoms with Gasteiger partial charge in [0.25, 0.3) is 0 Å². The van der Waals surface area contributed by atoms with Crippen LogP contribution in [0.2, 0.25) is 0 Å². The number of nitrogens with zero attached hydrogens (tertiary/aromatic N) is 1. The first-order valence-corrected chi connectivity index (χ1v) is 15.2. The number of benzene rings is 6. The number of furan rings is 1. The fraction of sp³-hybridized carbons (Fsp3) is 0. The lowest BCUT2D eigenvalue weighted by molar-refractivity contribution is 0.593. The third kappa shape index (κ3) is 2.77. The van der Waals surface area contributed by atoms with Crippen LogP contribution in [0.4, 0.5) is 0 Å². The van der Waals surface area contributed by atoms with Crippen LogP contribution in [-0.2, 0) is 4.57 Å². The van der Waals surface area contributed by atoms with Gasteiger partial charge in [-0.25, -0.2) is 0 Å². The summed E-state index contributed by atoms with van der Waals surface area (Å²) in [5.74, 6) is 0. The summed E-state index contributed by atoms with van der Waals surface area (Å²) in [7, 11) is -3.02. The molecule has 188 valence electrons. The summed E-state index contributed by atoms with van der Waals surface area (Å²) in [5.41, 5.74) is 7.09. The highest BCUT2D eigenvalue weighted by Gasteiger charge is 2.40. The largest absolute Gasteiger partial charge is 0.456 e. The Morgan fingerprint density at radius 3 is 2.12 bits per heavy atom. The van der Waals surface area contributed by atoms with Crippen molar-refractivity contribution < 1.29 is 8.98 Å². The Balaban J connectivity index is 1.38. The molecule has 0 radical (unpaired) electrons. The molecule has 1 aliphatic heterocycles. The maximum Gasteiger partial charge on any atom is 0.172 e. The second-order valence-corrected chi connectivity index (χ2v) is 13.2. The van der Waals surface area contributed by atoms with Gasteiger partial charge in [0.2, 0.25) is 0 Å². The molecule has 0 saturated carbocycles. The van der Waals surface area contributed by atoms with E-state index in [-0.39, 0.29) is 0 Å². The highest BCUT2D eigenvalue weighted by atomic mass is 31.2. The molecule has 8 aromatic rings. The molecule has 40 heavy (non-hydrogen) atoms. The van der Waals surface area contributed by atoms with E-state index in [4.69, 9.17) is 4.42 Å². The van der Waals surface area contributed by atoms with Crippen LogP contribution in [0.5, 0.6) is 0 Å². The molecular weight excluding hydrogens is 509 g/mol. The molecule has 0 N–H and O–H groups in total. The van der Waals surface area contributed by atoms with E-state index in [1.165, 1.54) is 0 Å². The SMILES string of the molecule is O=P1(c2ccccc2)c2ccccc2-c2cc3c(cc21)c1ccccc1n3-c1ccc2c(c1)oc1ccccc12. The number of aromatic nitrogens is 1. The summed E-state index contributed by atoms with van der Waals surface area (Å²) < 4.78 is 23.7. The van der Waals surface area contributed by atoms with Crippen LogP contribution in [0.3, 0.4) is 0 Å². The smallest absolute Gasteiger partial charge is 0.172 e. The van der Waals surface area contributed by atoms with Crippen LogP contribution >= 0.6 is 7.14 Å². The molecule has 0 saturated heterocycles. The summed E-state index contributed by atoms with van der Waals surface area (Å²) in [6.07, 6.45) is 0. The Bertz CT molecular complexity index is 2360. The Morgan fingerprint density at radius 1 is 0.500 bits per heavy atom. The average molecular weight is 532 g/mol. The fourth-order valence-corrected chi connectivity index (χ4v) is 9.71. The van der Waals surface area contributed by atoms with E-state index in [0.29, 0.717) is 0 Å². The summed E-state index contributed by atoms with van der Waals surface area (Å²) in [6.45, 7) is 0. The van der Waals surface area contributed by atoms with Crippen molar-refractivity contribution in [3.05, 3.63) is 133 Å². The first-order valence-electron chi connectivity index (χ1n) is 13.5. The molecule has 1 aliphatic rings. The van der Waals surface area contributed by atoms with Gasteiger partial charge in [-0.2, -0.15) is 0 Å². The van der Waals surface area contributed by atoms with Crippen molar-refractivity contribution in [1.29, 1.82) is 0 Å². The van der Waals surface area contributed by atoms with Crippen molar-refractivity contribution in [2.45, 2.75) is 0 Å². The van der Waals surface area contributed by atoms with Gasteiger partial charge in [-0.1, -0.05) is 91.0 Å². The van der Waals surface area contributed by atoms with Crippen molar-refractivity contribution >= 4 is 66.8 Å². The summed E-state index contributed by atoms with van der Waals surface area (Å²) >= 11 is 0. The first-order chi connectivity index (χ1) is 19.7. The molecule has 3 nitrogen and oxygen atoms in total. The molecule has 0 fully saturated rings. The van der Waals surface area contributed by atoms with E-state index in [2.05, 4.69) is 71.3 Å². The van der Waals surface area contributed by atoms with Gasteiger partial charge in [-0.05, 0) is 47.5 Å². The van der Waals surface area contributed by atoms with E-state index in [1.807, 2.05) is 66.7 Å². The van der Waals surface area contributed by atoms with Crippen molar-refractivity contribution in [3.63, 3.8) is 0 Å². The number of hydrogen-bond donors (Lipinski definition) is 0. The molecule has 0 aliphatic carbocycles. The highest BCUT2D eigenvalue weighted by Crippen LogP contribution is 2.53. The predicted octanol–water partition coefficient (Wildman–Crippen LogP) is 8.30. The van der Waals surface area contributed by atoms with Crippen molar-refractivity contribution in [2.24, 2.45) is 0 Å². The van der Waals surface area contributed by atoms with Gasteiger partial charge in [-0.15, -0.1) is 0 Å². The Kier molecular flexibility index (Phi) is 4.32. The monoisotopic (exact) mass is 531 g/mol. The quantitative estimate of drug-likeness (QED) is 0.210. The van der Waals surface area contributed by atoms with E-state index >= 15 is 4.57 Å². The molecule has 1 atom stereocenters. The van der Waals surface area contributed by atoms with Crippen LogP contribution in [0.25, 0.3) is 60.6 Å². The fourth-order valence-electron chi connectivity index (χ4n) is 6.63. The molecule has 0 amide bonds. The zero-order valence-corrected chi connectivity index (χ0v) is 22.3. The van der Waals surface area contributed by atoms with E-state index in [9.17, 15) is 0 Å². The molecule has 4 heteroatoms. The van der Waals surface area contributed by atoms with Crippen LogP contribution in [0.15, 0.2) is 138 Å². The number of para-hydroxylation sites is 2. The zero-order valence-electron chi connectivity index (χ0n) is 21.4. The predicted molar refractivity (Wildman–Crippen MR) is 166 cm³/mol. The summed E-state index contributed by atoms with van der Waals surface area (Å²) in [6, 6.07) is 45.7. The molecule has 6 aromatic carbocycles. The van der Waals surface area contributed by atoms with Crippen LogP contribution < -0.4 is 15.9 Å². The normalized spacial score (nSPS) is 16.2. The first kappa shape index (κ1) is 22.0. The van der Waals surface area contributed by atoms with Crippen LogP contribution in [0, 0.1) is 0 Å². The molecule has 0 spiro atoms. The van der Waals surface area contributed by atoms with Gasteiger partial charge in [0, 0.05) is 49.2 Å². The third-order valence-corrected chi connectivity index (χ3v) is 11.5. The third-order valence-electron chi connectivity index (χ3n) is 8.40. The lowest BCUT2D eigenvalue weighted by Gasteiger charge is -2.16. The van der Waals surface area contributed by atoms with Gasteiger partial charge in [0.1, 0.15) is 11.2 Å². The topological polar surface area (TPSA) is 35.1 Å². The number of rotatable bonds is 2. The van der Waals surface area contributed by atoms with Gasteiger partial charge >= 0.3 is 0 Å². The van der Waals surface area contributed by atoms with E-state index in [1.54, 1.807) is 0 Å². The van der Waals surface area contributed by atoms with Crippen LogP contribution in [-0.4, -0.2) is 4.57 Å². The van der Waals surface area contributed by atoms with E-state index in [0.717, 1.165) is 76.5 Å². The molecule has 2 aromatic heterocycles. The summed E-state index contributed by atoms with van der Waals surface area (Å²) in [5, 5.41) is 7.19. The van der Waals surface area contributed by atoms with Gasteiger partial charge in [0.15, 0.2) is 7.14 Å². The lowest BCUT2D eigenvalue weighted by Crippen LogP contribution is -2.20. The molecular formula is C36H22NO2P. The van der Waals surface area contributed by atoms with Crippen molar-refractivity contribution in [3.8, 4) is 16.8 Å². The molecule has 1 unspecified atom stereocenters. The second kappa shape index (κ2) is 7.85. The standard InChI is InChI=1S/C36H22NO2P/c38-40(24-10-2-1-3-11-24)35-17-9-6-14-28(35)30-21-32-29(22-36(30)40)25-12-4-7-15-31(25)37(32)23-18-19-27-26-13-5-8-16-33(26)39-34(27)20-23/h1-22H. The number of fused-ring (bicyclic) bond motifs is 9. The summed E-state index contributed by atoms with van der Waals surface area (Å²) in [4.78, 5) is 0. The van der Waals surface area contributed by atoms with Gasteiger partial charge in [-0.3, -0.25) is 0 Å². The van der Waals surface area contributed by atoms with Crippen molar-refractivity contribution in [2.75, 3.05) is 0 Å². The van der Waals surface area contributed by atoms with E-state index < -0.39 is 7.14 Å². The zero-order chi connectivity index (χ0) is 26.4. The minimum atomic E-state index is -3.02. The molecule has 0 bridgehead atoms. The maximum absolute atomic E-state index is 15.1. The van der Waals surface area contributed by atoms with Crippen LogP contribution in [0.1, 0.15) is 0 Å². The highest BCUT2D eigenvalue weighted by molar-refractivity contribution is 7.86. The number of hydrogen-bond acceptors (Lipinski definition) is 2. The van der Waals surface area contributed by atoms with Gasteiger partial charge in [0.05, 0.1) is 11.0 Å². The average Bonchev–Trinajstić information content (AvgIpc) is 3.63.